The molecule has 0 aliphatic heterocycles. The number of carbonyl (C=O) groups excluding carboxylic acids is 2. The van der Waals surface area contributed by atoms with Gasteiger partial charge in [-0.1, -0.05) is 24.6 Å². The summed E-state index contributed by atoms with van der Waals surface area (Å²) in [7, 11) is 0. The first-order valence-corrected chi connectivity index (χ1v) is 10.2. The highest BCUT2D eigenvalue weighted by Gasteiger charge is 2.23. The summed E-state index contributed by atoms with van der Waals surface area (Å²) in [5.41, 5.74) is 3.07. The molecule has 0 spiro atoms. The van der Waals surface area contributed by atoms with Crippen LogP contribution in [0.3, 0.4) is 0 Å². The molecular formula is C21H25ClN6O2. The average molecular weight is 429 g/mol. The molecule has 2 heterocycles. The standard InChI is InChI=1S/C21H25ClN6O2/c1-5-17(28-14(4)19(22)13(3)26-28)20(29)24-15-8-7-9-16(12-15)25-21(30)18-10-11-23-27(18)6-2/h7-12,17H,5-6H2,1-4H3,(H,24,29)(H,25,30). The topological polar surface area (TPSA) is 93.8 Å². The normalized spacial score (nSPS) is 11.9. The molecule has 3 aromatic rings. The molecule has 8 nitrogen and oxygen atoms in total. The van der Waals surface area contributed by atoms with Crippen molar-refractivity contribution in [2.75, 3.05) is 10.6 Å². The zero-order chi connectivity index (χ0) is 21.8. The summed E-state index contributed by atoms with van der Waals surface area (Å²) in [5.74, 6) is -0.464. The lowest BCUT2D eigenvalue weighted by Gasteiger charge is -2.17. The molecule has 0 fully saturated rings. The van der Waals surface area contributed by atoms with E-state index in [9.17, 15) is 9.59 Å². The summed E-state index contributed by atoms with van der Waals surface area (Å²) >= 11 is 6.24. The summed E-state index contributed by atoms with van der Waals surface area (Å²) in [5, 5.41) is 14.8. The number of aryl methyl sites for hydroxylation is 2. The number of nitrogens with zero attached hydrogens (tertiary/aromatic N) is 4. The first-order valence-electron chi connectivity index (χ1n) is 9.81. The fourth-order valence-electron chi connectivity index (χ4n) is 3.29. The Morgan fingerprint density at radius 3 is 2.43 bits per heavy atom. The van der Waals surface area contributed by atoms with Crippen LogP contribution in [0.1, 0.15) is 48.2 Å². The number of amides is 2. The van der Waals surface area contributed by atoms with Gasteiger partial charge in [-0.25, -0.2) is 0 Å². The fraction of sp³-hybridized carbons (Fsp3) is 0.333. The fourth-order valence-corrected chi connectivity index (χ4v) is 3.41. The zero-order valence-corrected chi connectivity index (χ0v) is 18.2. The van der Waals surface area contributed by atoms with Gasteiger partial charge < -0.3 is 10.6 Å². The maximum Gasteiger partial charge on any atom is 0.273 e. The van der Waals surface area contributed by atoms with Crippen LogP contribution in [0.4, 0.5) is 11.4 Å². The van der Waals surface area contributed by atoms with Crippen LogP contribution in [0.2, 0.25) is 5.02 Å². The van der Waals surface area contributed by atoms with E-state index in [4.69, 9.17) is 11.6 Å². The molecule has 0 saturated heterocycles. The number of hydrogen-bond donors (Lipinski definition) is 2. The van der Waals surface area contributed by atoms with Crippen LogP contribution in [0.25, 0.3) is 0 Å². The Morgan fingerprint density at radius 2 is 1.83 bits per heavy atom. The van der Waals surface area contributed by atoms with Gasteiger partial charge in [-0.05, 0) is 51.5 Å². The molecule has 1 aromatic carbocycles. The molecule has 1 atom stereocenters. The minimum atomic E-state index is -0.492. The maximum absolute atomic E-state index is 12.9. The van der Waals surface area contributed by atoms with Crippen LogP contribution >= 0.6 is 11.6 Å². The third-order valence-electron chi connectivity index (χ3n) is 4.86. The van der Waals surface area contributed by atoms with Crippen molar-refractivity contribution in [2.45, 2.75) is 46.7 Å². The molecule has 0 saturated carbocycles. The first kappa shape index (κ1) is 21.6. The number of halogens is 1. The Kier molecular flexibility index (Phi) is 6.56. The van der Waals surface area contributed by atoms with Gasteiger partial charge in [0.05, 0.1) is 16.4 Å². The molecule has 9 heteroatoms. The highest BCUT2D eigenvalue weighted by molar-refractivity contribution is 6.31. The highest BCUT2D eigenvalue weighted by Crippen LogP contribution is 2.25. The van der Waals surface area contributed by atoms with E-state index < -0.39 is 6.04 Å². The lowest BCUT2D eigenvalue weighted by atomic mass is 10.2. The van der Waals surface area contributed by atoms with Crippen molar-refractivity contribution in [3.05, 3.63) is 58.6 Å². The van der Waals surface area contributed by atoms with Gasteiger partial charge in [-0.15, -0.1) is 0 Å². The van der Waals surface area contributed by atoms with Crippen molar-refractivity contribution in [3.63, 3.8) is 0 Å². The van der Waals surface area contributed by atoms with Gasteiger partial charge in [0.1, 0.15) is 11.7 Å². The monoisotopic (exact) mass is 428 g/mol. The molecular weight excluding hydrogens is 404 g/mol. The third kappa shape index (κ3) is 4.38. The third-order valence-corrected chi connectivity index (χ3v) is 5.40. The number of anilines is 2. The lowest BCUT2D eigenvalue weighted by molar-refractivity contribution is -0.119. The zero-order valence-electron chi connectivity index (χ0n) is 17.4. The minimum Gasteiger partial charge on any atom is -0.324 e. The van der Waals surface area contributed by atoms with Crippen molar-refractivity contribution >= 4 is 34.8 Å². The van der Waals surface area contributed by atoms with Gasteiger partial charge in [-0.3, -0.25) is 19.0 Å². The second-order valence-corrected chi connectivity index (χ2v) is 7.29. The Labute approximate surface area is 180 Å². The Bertz CT molecular complexity index is 1070. The van der Waals surface area contributed by atoms with Crippen molar-refractivity contribution in [2.24, 2.45) is 0 Å². The van der Waals surface area contributed by atoms with Crippen LogP contribution in [0, 0.1) is 13.8 Å². The van der Waals surface area contributed by atoms with E-state index in [0.717, 1.165) is 5.69 Å². The SMILES string of the molecule is CCC(C(=O)Nc1cccc(NC(=O)c2ccnn2CC)c1)n1nc(C)c(Cl)c1C. The van der Waals surface area contributed by atoms with Gasteiger partial charge >= 0.3 is 0 Å². The summed E-state index contributed by atoms with van der Waals surface area (Å²) in [4.78, 5) is 25.4. The number of rotatable bonds is 7. The van der Waals surface area contributed by atoms with E-state index in [1.807, 2.05) is 27.7 Å². The van der Waals surface area contributed by atoms with Crippen LogP contribution in [0.5, 0.6) is 0 Å². The Balaban J connectivity index is 1.74. The highest BCUT2D eigenvalue weighted by atomic mass is 35.5. The maximum atomic E-state index is 12.9. The number of nitrogens with one attached hydrogen (secondary N) is 2. The molecule has 2 N–H and O–H groups in total. The summed E-state index contributed by atoms with van der Waals surface area (Å²) in [6, 6.07) is 8.18. The van der Waals surface area contributed by atoms with E-state index in [-0.39, 0.29) is 11.8 Å². The Morgan fingerprint density at radius 1 is 1.13 bits per heavy atom. The number of hydrogen-bond acceptors (Lipinski definition) is 4. The van der Waals surface area contributed by atoms with Gasteiger partial charge in [0.15, 0.2) is 0 Å². The average Bonchev–Trinajstić information content (AvgIpc) is 3.30. The smallest absolute Gasteiger partial charge is 0.273 e. The van der Waals surface area contributed by atoms with E-state index in [1.165, 1.54) is 0 Å². The summed E-state index contributed by atoms with van der Waals surface area (Å²) < 4.78 is 3.27. The summed E-state index contributed by atoms with van der Waals surface area (Å²) in [6.45, 7) is 8.09. The number of benzene rings is 1. The first-order chi connectivity index (χ1) is 14.3. The molecule has 2 amide bonds. The predicted octanol–water partition coefficient (Wildman–Crippen LogP) is 4.21. The molecule has 2 aromatic heterocycles. The van der Waals surface area contributed by atoms with Crippen molar-refractivity contribution in [1.29, 1.82) is 0 Å². The predicted molar refractivity (Wildman–Crippen MR) is 117 cm³/mol. The van der Waals surface area contributed by atoms with Gasteiger partial charge in [0.25, 0.3) is 5.91 Å². The largest absolute Gasteiger partial charge is 0.324 e. The van der Waals surface area contributed by atoms with E-state index >= 15 is 0 Å². The molecule has 3 rings (SSSR count). The molecule has 158 valence electrons. The lowest BCUT2D eigenvalue weighted by Crippen LogP contribution is -2.27. The molecule has 0 aliphatic rings. The second kappa shape index (κ2) is 9.13. The molecule has 0 bridgehead atoms. The van der Waals surface area contributed by atoms with Crippen LogP contribution < -0.4 is 10.6 Å². The van der Waals surface area contributed by atoms with Crippen LogP contribution in [-0.4, -0.2) is 31.4 Å². The van der Waals surface area contributed by atoms with E-state index in [0.29, 0.717) is 40.8 Å². The van der Waals surface area contributed by atoms with Crippen molar-refractivity contribution in [3.8, 4) is 0 Å². The second-order valence-electron chi connectivity index (χ2n) is 6.91. The molecule has 0 aliphatic carbocycles. The number of carbonyl (C=O) groups is 2. The molecule has 30 heavy (non-hydrogen) atoms. The number of aromatic nitrogens is 4. The molecule has 0 radical (unpaired) electrons. The van der Waals surface area contributed by atoms with Crippen molar-refractivity contribution < 1.29 is 9.59 Å². The van der Waals surface area contributed by atoms with Crippen molar-refractivity contribution in [1.82, 2.24) is 19.6 Å². The van der Waals surface area contributed by atoms with E-state index in [1.54, 1.807) is 45.9 Å². The quantitative estimate of drug-likeness (QED) is 0.589. The van der Waals surface area contributed by atoms with E-state index in [2.05, 4.69) is 20.8 Å². The van der Waals surface area contributed by atoms with Gasteiger partial charge in [0, 0.05) is 24.1 Å². The summed E-state index contributed by atoms with van der Waals surface area (Å²) in [6.07, 6.45) is 2.15. The van der Waals surface area contributed by atoms with Gasteiger partial charge in [0.2, 0.25) is 5.91 Å². The molecule has 1 unspecified atom stereocenters. The Hall–Kier alpha value is -3.13. The minimum absolute atomic E-state index is 0.202. The van der Waals surface area contributed by atoms with Gasteiger partial charge in [-0.2, -0.15) is 10.2 Å². The van der Waals surface area contributed by atoms with Crippen LogP contribution in [-0.2, 0) is 11.3 Å². The van der Waals surface area contributed by atoms with Crippen LogP contribution in [0.15, 0.2) is 36.5 Å².